The molecule has 9 aromatic rings. The van der Waals surface area contributed by atoms with E-state index in [1.807, 2.05) is 0 Å². The number of fused-ring (bicyclic) bond motifs is 5. The lowest BCUT2D eigenvalue weighted by molar-refractivity contribution is 0.977. The van der Waals surface area contributed by atoms with Crippen LogP contribution in [0.25, 0.3) is 44.2 Å². The fourth-order valence-corrected chi connectivity index (χ4v) is 9.22. The van der Waals surface area contributed by atoms with Crippen molar-refractivity contribution in [3.63, 3.8) is 0 Å². The highest BCUT2D eigenvalue weighted by Gasteiger charge is 2.23. The van der Waals surface area contributed by atoms with Gasteiger partial charge in [-0.25, -0.2) is 0 Å². The van der Waals surface area contributed by atoms with Gasteiger partial charge in [-0.1, -0.05) is 133 Å². The molecule has 0 amide bonds. The number of benzene rings is 9. The normalized spacial score (nSPS) is 13.2. The maximum atomic E-state index is 2.45. The molecule has 2 heteroatoms. The fourth-order valence-electron chi connectivity index (χ4n) is 9.22. The number of rotatable bonds is 5. The minimum absolute atomic E-state index is 1.03. The van der Waals surface area contributed by atoms with Gasteiger partial charge in [-0.3, -0.25) is 0 Å². The predicted molar refractivity (Wildman–Crippen MR) is 244 cm³/mol. The zero-order valence-electron chi connectivity index (χ0n) is 32.4. The Bertz CT molecular complexity index is 2700. The summed E-state index contributed by atoms with van der Waals surface area (Å²) in [7, 11) is 0. The molecule has 11 rings (SSSR count). The lowest BCUT2D eigenvalue weighted by Gasteiger charge is -2.27. The van der Waals surface area contributed by atoms with Crippen LogP contribution in [0.2, 0.25) is 0 Å². The quantitative estimate of drug-likeness (QED) is 0.173. The van der Waals surface area contributed by atoms with E-state index in [1.54, 1.807) is 0 Å². The number of hydrogen-bond donors (Lipinski definition) is 0. The van der Waals surface area contributed by atoms with Crippen LogP contribution in [-0.4, -0.2) is 0 Å². The Hall–Kier alpha value is -7.16. The molecule has 0 N–H and O–H groups in total. The molecule has 9 aromatic carbocycles. The Labute approximate surface area is 340 Å². The molecule has 276 valence electrons. The largest absolute Gasteiger partial charge is 0.310 e. The number of anilines is 6. The maximum absolute atomic E-state index is 2.45. The Morgan fingerprint density at radius 2 is 0.569 bits per heavy atom. The fraction of sp³-hybridized carbons (Fsp3) is 0.0714. The Balaban J connectivity index is 1.01. The standard InChI is InChI=1S/C56H42N2/c1-2-16-46-35-47(26-21-39(46)11-1)50-37-48(40-27-31-51(32-28-40)57-53-17-7-3-12-42(53)22-23-43-13-4-8-18-54(43)57)36-49(38-50)41-29-33-52(34-30-41)58-55-19-9-5-14-44(55)24-25-45-15-6-10-20-56(45)58/h1-21,26-38H,22-25H2. The van der Waals surface area contributed by atoms with Gasteiger partial charge in [0.05, 0.1) is 0 Å². The Kier molecular flexibility index (Phi) is 8.47. The van der Waals surface area contributed by atoms with Crippen molar-refractivity contribution >= 4 is 44.9 Å². The summed E-state index contributed by atoms with van der Waals surface area (Å²) in [5.41, 5.74) is 20.1. The molecule has 0 saturated carbocycles. The maximum Gasteiger partial charge on any atom is 0.0493 e. The average molecular weight is 743 g/mol. The third kappa shape index (κ3) is 6.15. The van der Waals surface area contributed by atoms with Crippen molar-refractivity contribution in [3.8, 4) is 33.4 Å². The highest BCUT2D eigenvalue weighted by molar-refractivity contribution is 5.90. The van der Waals surface area contributed by atoms with Crippen LogP contribution in [0, 0.1) is 0 Å². The Morgan fingerprint density at radius 1 is 0.241 bits per heavy atom. The van der Waals surface area contributed by atoms with Crippen LogP contribution < -0.4 is 9.80 Å². The summed E-state index contributed by atoms with van der Waals surface area (Å²) in [6.07, 6.45) is 4.13. The minimum Gasteiger partial charge on any atom is -0.310 e. The van der Waals surface area contributed by atoms with Crippen molar-refractivity contribution in [3.05, 3.63) is 229 Å². The predicted octanol–water partition coefficient (Wildman–Crippen LogP) is 15.0. The van der Waals surface area contributed by atoms with E-state index in [0.717, 1.165) is 25.7 Å². The number of hydrogen-bond acceptors (Lipinski definition) is 2. The molecule has 2 aliphatic rings. The van der Waals surface area contributed by atoms with Crippen molar-refractivity contribution in [1.29, 1.82) is 0 Å². The van der Waals surface area contributed by atoms with Crippen LogP contribution in [-0.2, 0) is 25.7 Å². The summed E-state index contributed by atoms with van der Waals surface area (Å²) in [5.74, 6) is 0. The van der Waals surface area contributed by atoms with Crippen LogP contribution >= 0.6 is 0 Å². The van der Waals surface area contributed by atoms with Gasteiger partial charge in [0.2, 0.25) is 0 Å². The number of para-hydroxylation sites is 4. The van der Waals surface area contributed by atoms with Crippen molar-refractivity contribution in [1.82, 2.24) is 0 Å². The highest BCUT2D eigenvalue weighted by atomic mass is 15.2. The SMILES string of the molecule is c1ccc2c(c1)CCc1ccccc1N2c1ccc(-c2cc(-c3ccc(N4c5ccccc5CCc5ccccc54)cc3)cc(-c3ccc4ccccc4c3)c2)cc1. The third-order valence-corrected chi connectivity index (χ3v) is 12.2. The van der Waals surface area contributed by atoms with E-state index >= 15 is 0 Å². The van der Waals surface area contributed by atoms with E-state index in [0.29, 0.717) is 0 Å². The molecule has 2 heterocycles. The van der Waals surface area contributed by atoms with E-state index < -0.39 is 0 Å². The molecule has 0 saturated heterocycles. The second kappa shape index (κ2) is 14.4. The zero-order valence-corrected chi connectivity index (χ0v) is 32.4. The second-order valence-corrected chi connectivity index (χ2v) is 15.6. The lowest BCUT2D eigenvalue weighted by atomic mass is 9.92. The van der Waals surface area contributed by atoms with Crippen LogP contribution in [0.1, 0.15) is 22.3 Å². The molecular formula is C56H42N2. The summed E-state index contributed by atoms with van der Waals surface area (Å²) in [6, 6.07) is 76.4. The number of aryl methyl sites for hydroxylation is 4. The molecule has 2 aliphatic heterocycles. The molecular weight excluding hydrogens is 701 g/mol. The van der Waals surface area contributed by atoms with Gasteiger partial charge in [0.1, 0.15) is 0 Å². The van der Waals surface area contributed by atoms with Crippen molar-refractivity contribution in [2.45, 2.75) is 25.7 Å². The molecule has 0 fully saturated rings. The third-order valence-electron chi connectivity index (χ3n) is 12.2. The van der Waals surface area contributed by atoms with Gasteiger partial charge in [-0.15, -0.1) is 0 Å². The van der Waals surface area contributed by atoms with Gasteiger partial charge in [0, 0.05) is 34.1 Å². The minimum atomic E-state index is 1.03. The van der Waals surface area contributed by atoms with Gasteiger partial charge in [0.15, 0.2) is 0 Å². The molecule has 2 nitrogen and oxygen atoms in total. The highest BCUT2D eigenvalue weighted by Crippen LogP contribution is 2.44. The number of nitrogens with zero attached hydrogens (tertiary/aromatic N) is 2. The van der Waals surface area contributed by atoms with Crippen LogP contribution in [0.5, 0.6) is 0 Å². The molecule has 0 bridgehead atoms. The van der Waals surface area contributed by atoms with E-state index in [9.17, 15) is 0 Å². The van der Waals surface area contributed by atoms with E-state index in [2.05, 4.69) is 216 Å². The first kappa shape index (κ1) is 34.1. The van der Waals surface area contributed by atoms with E-state index in [4.69, 9.17) is 0 Å². The van der Waals surface area contributed by atoms with E-state index in [-0.39, 0.29) is 0 Å². The first-order valence-corrected chi connectivity index (χ1v) is 20.5. The first-order chi connectivity index (χ1) is 28.7. The summed E-state index contributed by atoms with van der Waals surface area (Å²) in [4.78, 5) is 4.89. The first-order valence-electron chi connectivity index (χ1n) is 20.5. The van der Waals surface area contributed by atoms with Gasteiger partial charge in [0.25, 0.3) is 0 Å². The molecule has 0 spiro atoms. The van der Waals surface area contributed by atoms with Crippen molar-refractivity contribution in [2.24, 2.45) is 0 Å². The van der Waals surface area contributed by atoms with Crippen LogP contribution in [0.4, 0.5) is 34.1 Å². The molecule has 0 atom stereocenters. The topological polar surface area (TPSA) is 6.48 Å². The van der Waals surface area contributed by atoms with E-state index in [1.165, 1.54) is 101 Å². The summed E-state index contributed by atoms with van der Waals surface area (Å²) in [5, 5.41) is 2.50. The van der Waals surface area contributed by atoms with Gasteiger partial charge in [-0.2, -0.15) is 0 Å². The van der Waals surface area contributed by atoms with Gasteiger partial charge < -0.3 is 9.80 Å². The molecule has 0 aliphatic carbocycles. The molecule has 0 unspecified atom stereocenters. The summed E-state index contributed by atoms with van der Waals surface area (Å²) < 4.78 is 0. The second-order valence-electron chi connectivity index (χ2n) is 15.6. The van der Waals surface area contributed by atoms with Gasteiger partial charge >= 0.3 is 0 Å². The average Bonchev–Trinajstić information content (AvgIpc) is 3.57. The lowest BCUT2D eigenvalue weighted by Crippen LogP contribution is -2.11. The smallest absolute Gasteiger partial charge is 0.0493 e. The summed E-state index contributed by atoms with van der Waals surface area (Å²) >= 11 is 0. The van der Waals surface area contributed by atoms with Crippen LogP contribution in [0.3, 0.4) is 0 Å². The summed E-state index contributed by atoms with van der Waals surface area (Å²) in [6.45, 7) is 0. The Morgan fingerprint density at radius 3 is 0.983 bits per heavy atom. The molecule has 0 aromatic heterocycles. The zero-order chi connectivity index (χ0) is 38.4. The monoisotopic (exact) mass is 742 g/mol. The van der Waals surface area contributed by atoms with Gasteiger partial charge in [-0.05, 0) is 165 Å². The van der Waals surface area contributed by atoms with Crippen LogP contribution in [0.15, 0.2) is 206 Å². The van der Waals surface area contributed by atoms with Crippen molar-refractivity contribution in [2.75, 3.05) is 9.80 Å². The molecule has 0 radical (unpaired) electrons. The molecule has 58 heavy (non-hydrogen) atoms. The van der Waals surface area contributed by atoms with Crippen molar-refractivity contribution < 1.29 is 0 Å².